The molecule has 0 radical (unpaired) electrons. The third-order valence-electron chi connectivity index (χ3n) is 2.56. The Morgan fingerprint density at radius 1 is 1.40 bits per heavy atom. The number of anilines is 1. The van der Waals surface area contributed by atoms with Crippen molar-refractivity contribution in [2.75, 3.05) is 11.9 Å². The second-order valence-electron chi connectivity index (χ2n) is 4.08. The maximum atomic E-state index is 10.7. The molecule has 7 nitrogen and oxygen atoms in total. The van der Waals surface area contributed by atoms with Crippen molar-refractivity contribution in [2.45, 2.75) is 13.8 Å². The minimum absolute atomic E-state index is 0.0600. The number of nitrogens with one attached hydrogen (secondary N) is 1. The summed E-state index contributed by atoms with van der Waals surface area (Å²) < 4.78 is 5.54. The highest BCUT2D eigenvalue weighted by molar-refractivity contribution is 5.45. The van der Waals surface area contributed by atoms with Crippen LogP contribution in [0.25, 0.3) is 0 Å². The lowest BCUT2D eigenvalue weighted by atomic mass is 10.2. The molecule has 2 aromatic rings. The highest BCUT2D eigenvalue weighted by atomic mass is 16.6. The molecule has 0 unspecified atom stereocenters. The number of aromatic nitrogens is 2. The van der Waals surface area contributed by atoms with Gasteiger partial charge in [0.15, 0.2) is 0 Å². The first-order valence-corrected chi connectivity index (χ1v) is 6.09. The lowest BCUT2D eigenvalue weighted by Gasteiger charge is -2.07. The molecular formula is C13H14N4O3. The van der Waals surface area contributed by atoms with E-state index in [2.05, 4.69) is 15.3 Å². The van der Waals surface area contributed by atoms with Crippen LogP contribution in [-0.4, -0.2) is 21.4 Å². The van der Waals surface area contributed by atoms with Crippen LogP contribution in [0, 0.1) is 17.0 Å². The van der Waals surface area contributed by atoms with Gasteiger partial charge in [-0.25, -0.2) is 0 Å². The molecule has 1 N–H and O–H groups in total. The SMILES string of the molecule is CCNc1cncc(Oc2ccc([N+](=O)[O-])c(C)c2)n1. The first kappa shape index (κ1) is 13.7. The van der Waals surface area contributed by atoms with Crippen molar-refractivity contribution >= 4 is 11.5 Å². The van der Waals surface area contributed by atoms with Crippen LogP contribution in [0.3, 0.4) is 0 Å². The highest BCUT2D eigenvalue weighted by Crippen LogP contribution is 2.26. The van der Waals surface area contributed by atoms with E-state index in [0.29, 0.717) is 23.0 Å². The summed E-state index contributed by atoms with van der Waals surface area (Å²) in [6.07, 6.45) is 3.08. The summed E-state index contributed by atoms with van der Waals surface area (Å²) in [5, 5.41) is 13.8. The molecule has 0 saturated heterocycles. The summed E-state index contributed by atoms with van der Waals surface area (Å²) in [5.41, 5.74) is 0.591. The van der Waals surface area contributed by atoms with Gasteiger partial charge in [0.05, 0.1) is 17.3 Å². The second kappa shape index (κ2) is 5.96. The molecule has 7 heteroatoms. The maximum Gasteiger partial charge on any atom is 0.272 e. The molecule has 0 aliphatic carbocycles. The van der Waals surface area contributed by atoms with Crippen molar-refractivity contribution in [1.82, 2.24) is 9.97 Å². The Hall–Kier alpha value is -2.70. The summed E-state index contributed by atoms with van der Waals surface area (Å²) in [5.74, 6) is 1.43. The molecule has 1 aromatic heterocycles. The van der Waals surface area contributed by atoms with Gasteiger partial charge in [-0.3, -0.25) is 15.1 Å². The van der Waals surface area contributed by atoms with Crippen LogP contribution in [-0.2, 0) is 0 Å². The summed E-state index contributed by atoms with van der Waals surface area (Å²) >= 11 is 0. The van der Waals surface area contributed by atoms with Gasteiger partial charge in [-0.05, 0) is 26.0 Å². The van der Waals surface area contributed by atoms with Crippen molar-refractivity contribution in [3.63, 3.8) is 0 Å². The van der Waals surface area contributed by atoms with Crippen molar-refractivity contribution in [1.29, 1.82) is 0 Å². The first-order chi connectivity index (χ1) is 9.60. The molecule has 20 heavy (non-hydrogen) atoms. The van der Waals surface area contributed by atoms with E-state index < -0.39 is 4.92 Å². The fourth-order valence-electron chi connectivity index (χ4n) is 1.68. The summed E-state index contributed by atoms with van der Waals surface area (Å²) in [4.78, 5) is 18.5. The zero-order valence-corrected chi connectivity index (χ0v) is 11.2. The van der Waals surface area contributed by atoms with Crippen molar-refractivity contribution < 1.29 is 9.66 Å². The van der Waals surface area contributed by atoms with Gasteiger partial charge in [0.1, 0.15) is 11.6 Å². The first-order valence-electron chi connectivity index (χ1n) is 6.09. The molecular weight excluding hydrogens is 260 g/mol. The summed E-state index contributed by atoms with van der Waals surface area (Å²) in [6.45, 7) is 4.34. The molecule has 2 rings (SSSR count). The number of ether oxygens (including phenoxy) is 1. The van der Waals surface area contributed by atoms with Gasteiger partial charge in [-0.2, -0.15) is 4.98 Å². The number of aryl methyl sites for hydroxylation is 1. The van der Waals surface area contributed by atoms with Gasteiger partial charge < -0.3 is 10.1 Å². The van der Waals surface area contributed by atoms with Gasteiger partial charge >= 0.3 is 0 Å². The van der Waals surface area contributed by atoms with E-state index in [4.69, 9.17) is 4.74 Å². The topological polar surface area (TPSA) is 90.2 Å². The van der Waals surface area contributed by atoms with Crippen LogP contribution in [0.15, 0.2) is 30.6 Å². The molecule has 0 aliphatic rings. The zero-order valence-electron chi connectivity index (χ0n) is 11.2. The number of hydrogen-bond donors (Lipinski definition) is 1. The Balaban J connectivity index is 2.19. The fraction of sp³-hybridized carbons (Fsp3) is 0.231. The summed E-state index contributed by atoms with van der Waals surface area (Å²) in [7, 11) is 0. The van der Waals surface area contributed by atoms with Crippen molar-refractivity contribution in [3.05, 3.63) is 46.3 Å². The van der Waals surface area contributed by atoms with Crippen LogP contribution in [0.1, 0.15) is 12.5 Å². The second-order valence-corrected chi connectivity index (χ2v) is 4.08. The molecule has 1 aromatic carbocycles. The van der Waals surface area contributed by atoms with Crippen LogP contribution in [0.5, 0.6) is 11.6 Å². The fourth-order valence-corrected chi connectivity index (χ4v) is 1.68. The van der Waals surface area contributed by atoms with Crippen LogP contribution < -0.4 is 10.1 Å². The number of nitro groups is 1. The normalized spacial score (nSPS) is 10.1. The molecule has 0 atom stereocenters. The minimum Gasteiger partial charge on any atom is -0.437 e. The van der Waals surface area contributed by atoms with Gasteiger partial charge in [0.25, 0.3) is 5.69 Å². The molecule has 1 heterocycles. The van der Waals surface area contributed by atoms with E-state index in [1.54, 1.807) is 19.2 Å². The number of benzene rings is 1. The van der Waals surface area contributed by atoms with E-state index in [0.717, 1.165) is 6.54 Å². The Labute approximate surface area is 115 Å². The Kier molecular flexibility index (Phi) is 4.09. The predicted octanol–water partition coefficient (Wildman–Crippen LogP) is 2.92. The number of nitrogens with zero attached hydrogens (tertiary/aromatic N) is 3. The van der Waals surface area contributed by atoms with Gasteiger partial charge in [0.2, 0.25) is 5.88 Å². The van der Waals surface area contributed by atoms with Crippen molar-refractivity contribution in [2.24, 2.45) is 0 Å². The molecule has 0 amide bonds. The lowest BCUT2D eigenvalue weighted by Crippen LogP contribution is -2.01. The highest BCUT2D eigenvalue weighted by Gasteiger charge is 2.11. The minimum atomic E-state index is -0.426. The molecule has 0 fully saturated rings. The third kappa shape index (κ3) is 3.19. The molecule has 0 aliphatic heterocycles. The quantitative estimate of drug-likeness (QED) is 0.666. The monoisotopic (exact) mass is 274 g/mol. The Bertz CT molecular complexity index is 631. The lowest BCUT2D eigenvalue weighted by molar-refractivity contribution is -0.385. The van der Waals surface area contributed by atoms with E-state index in [9.17, 15) is 10.1 Å². The Morgan fingerprint density at radius 2 is 2.20 bits per heavy atom. The average Bonchev–Trinajstić information content (AvgIpc) is 2.39. The van der Waals surface area contributed by atoms with Crippen LogP contribution in [0.2, 0.25) is 0 Å². The van der Waals surface area contributed by atoms with E-state index in [-0.39, 0.29) is 5.69 Å². The van der Waals surface area contributed by atoms with Gasteiger partial charge in [0, 0.05) is 18.2 Å². The smallest absolute Gasteiger partial charge is 0.272 e. The average molecular weight is 274 g/mol. The molecule has 104 valence electrons. The molecule has 0 bridgehead atoms. The third-order valence-corrected chi connectivity index (χ3v) is 2.56. The number of nitro benzene ring substituents is 1. The standard InChI is InChI=1S/C13H14N4O3/c1-3-15-12-7-14-8-13(16-12)20-10-4-5-11(17(18)19)9(2)6-10/h4-8H,3H2,1-2H3,(H,15,16). The zero-order chi connectivity index (χ0) is 14.5. The number of rotatable bonds is 5. The van der Waals surface area contributed by atoms with E-state index >= 15 is 0 Å². The van der Waals surface area contributed by atoms with Gasteiger partial charge in [-0.15, -0.1) is 0 Å². The predicted molar refractivity (Wildman–Crippen MR) is 74.1 cm³/mol. The van der Waals surface area contributed by atoms with Crippen LogP contribution >= 0.6 is 0 Å². The largest absolute Gasteiger partial charge is 0.437 e. The molecule has 0 spiro atoms. The van der Waals surface area contributed by atoms with E-state index in [1.165, 1.54) is 18.3 Å². The van der Waals surface area contributed by atoms with Crippen molar-refractivity contribution in [3.8, 4) is 11.6 Å². The molecule has 0 saturated carbocycles. The maximum absolute atomic E-state index is 10.7. The number of hydrogen-bond acceptors (Lipinski definition) is 6. The van der Waals surface area contributed by atoms with E-state index in [1.807, 2.05) is 6.92 Å². The van der Waals surface area contributed by atoms with Crippen LogP contribution in [0.4, 0.5) is 11.5 Å². The Morgan fingerprint density at radius 3 is 2.85 bits per heavy atom. The van der Waals surface area contributed by atoms with Gasteiger partial charge in [-0.1, -0.05) is 0 Å². The summed E-state index contributed by atoms with van der Waals surface area (Å²) in [6, 6.07) is 4.54.